The fourth-order valence-corrected chi connectivity index (χ4v) is 3.01. The Bertz CT molecular complexity index is 237. The van der Waals surface area contributed by atoms with Gasteiger partial charge in [-0.15, -0.1) is 0 Å². The second kappa shape index (κ2) is 4.63. The molecule has 2 bridgehead atoms. The van der Waals surface area contributed by atoms with E-state index in [0.717, 1.165) is 18.5 Å². The second-order valence-corrected chi connectivity index (χ2v) is 6.57. The van der Waals surface area contributed by atoms with E-state index in [4.69, 9.17) is 0 Å². The number of aliphatic hydroxyl groups excluding tert-OH is 1. The molecule has 2 aliphatic rings. The maximum atomic E-state index is 10.00. The third kappa shape index (κ3) is 3.19. The van der Waals surface area contributed by atoms with Gasteiger partial charge in [0.25, 0.3) is 0 Å². The molecule has 3 nitrogen and oxygen atoms in total. The van der Waals surface area contributed by atoms with Crippen LogP contribution in [0, 0.1) is 5.92 Å². The van der Waals surface area contributed by atoms with Crippen LogP contribution in [-0.2, 0) is 0 Å². The molecule has 2 N–H and O–H groups in total. The van der Waals surface area contributed by atoms with Crippen molar-refractivity contribution >= 4 is 0 Å². The number of rotatable bonds is 4. The van der Waals surface area contributed by atoms with E-state index in [2.05, 4.69) is 31.0 Å². The average Bonchev–Trinajstić information content (AvgIpc) is 2.75. The molecular formula is C13H26N2O. The van der Waals surface area contributed by atoms with E-state index < -0.39 is 0 Å². The number of hydrogen-bond donors (Lipinski definition) is 2. The van der Waals surface area contributed by atoms with Crippen LogP contribution >= 0.6 is 0 Å². The lowest BCUT2D eigenvalue weighted by Crippen LogP contribution is -2.46. The summed E-state index contributed by atoms with van der Waals surface area (Å²) in [6, 6.07) is 0.772. The highest BCUT2D eigenvalue weighted by atomic mass is 16.3. The molecule has 0 amide bonds. The molecule has 2 rings (SSSR count). The molecule has 1 saturated heterocycles. The first-order chi connectivity index (χ1) is 7.44. The van der Waals surface area contributed by atoms with Gasteiger partial charge in [-0.25, -0.2) is 0 Å². The molecule has 1 aliphatic carbocycles. The van der Waals surface area contributed by atoms with E-state index in [1.54, 1.807) is 0 Å². The van der Waals surface area contributed by atoms with Crippen LogP contribution in [0.3, 0.4) is 0 Å². The minimum atomic E-state index is -0.224. The van der Waals surface area contributed by atoms with Crippen molar-refractivity contribution in [2.24, 2.45) is 5.92 Å². The average molecular weight is 226 g/mol. The summed E-state index contributed by atoms with van der Waals surface area (Å²) in [6.07, 6.45) is 3.92. The molecule has 94 valence electrons. The highest BCUT2D eigenvalue weighted by Gasteiger charge is 2.38. The van der Waals surface area contributed by atoms with E-state index in [1.165, 1.54) is 25.8 Å². The number of nitrogens with zero attached hydrogens (tertiary/aromatic N) is 1. The summed E-state index contributed by atoms with van der Waals surface area (Å²) in [6.45, 7) is 9.19. The van der Waals surface area contributed by atoms with E-state index >= 15 is 0 Å². The first kappa shape index (κ1) is 12.3. The summed E-state index contributed by atoms with van der Waals surface area (Å²) in [5.41, 5.74) is 0.102. The zero-order chi connectivity index (χ0) is 11.8. The number of nitrogens with one attached hydrogen (secondary N) is 1. The molecule has 0 radical (unpaired) electrons. The van der Waals surface area contributed by atoms with Gasteiger partial charge in [0.2, 0.25) is 0 Å². The van der Waals surface area contributed by atoms with Crippen molar-refractivity contribution in [3.63, 3.8) is 0 Å². The highest BCUT2D eigenvalue weighted by Crippen LogP contribution is 2.37. The molecule has 3 heteroatoms. The molecule has 3 atom stereocenters. The number of piperidine rings is 1. The van der Waals surface area contributed by atoms with Crippen molar-refractivity contribution in [3.05, 3.63) is 0 Å². The summed E-state index contributed by atoms with van der Waals surface area (Å²) in [7, 11) is 0. The minimum Gasteiger partial charge on any atom is -0.390 e. The Hall–Kier alpha value is -0.120. The van der Waals surface area contributed by atoms with Crippen LogP contribution in [0.25, 0.3) is 0 Å². The number of β-amino-alcohol motifs (C(OH)–C–C–N with tert-alkyl or cyclic N) is 1. The molecule has 1 aliphatic heterocycles. The first-order valence-corrected chi connectivity index (χ1v) is 6.61. The quantitative estimate of drug-likeness (QED) is 0.756. The Balaban J connectivity index is 1.69. The maximum absolute atomic E-state index is 10.00. The lowest BCUT2D eigenvalue weighted by atomic mass is 10.1. The van der Waals surface area contributed by atoms with Crippen molar-refractivity contribution in [3.8, 4) is 0 Å². The van der Waals surface area contributed by atoms with Crippen LogP contribution in [0.1, 0.15) is 40.0 Å². The predicted molar refractivity (Wildman–Crippen MR) is 66.5 cm³/mol. The molecule has 3 unspecified atom stereocenters. The second-order valence-electron chi connectivity index (χ2n) is 6.57. The lowest BCUT2D eigenvalue weighted by molar-refractivity contribution is 0.0889. The molecule has 0 aromatic rings. The van der Waals surface area contributed by atoms with Gasteiger partial charge in [-0.1, -0.05) is 0 Å². The third-order valence-electron chi connectivity index (χ3n) is 3.84. The van der Waals surface area contributed by atoms with Crippen LogP contribution in [0.15, 0.2) is 0 Å². The van der Waals surface area contributed by atoms with Crippen LogP contribution in [0.4, 0.5) is 0 Å². The summed E-state index contributed by atoms with van der Waals surface area (Å²) < 4.78 is 0. The molecule has 0 aromatic heterocycles. The Morgan fingerprint density at radius 3 is 2.62 bits per heavy atom. The van der Waals surface area contributed by atoms with Gasteiger partial charge in [-0.2, -0.15) is 0 Å². The molecule has 0 spiro atoms. The predicted octanol–water partition coefficient (Wildman–Crippen LogP) is 1.22. The summed E-state index contributed by atoms with van der Waals surface area (Å²) >= 11 is 0. The van der Waals surface area contributed by atoms with Gasteiger partial charge in [0.05, 0.1) is 6.10 Å². The smallest absolute Gasteiger partial charge is 0.0791 e. The zero-order valence-electron chi connectivity index (χ0n) is 10.9. The van der Waals surface area contributed by atoms with Crippen LogP contribution in [0.2, 0.25) is 0 Å². The molecule has 1 heterocycles. The standard InChI is InChI=1S/C13H26N2O/c1-13(2,3)14-7-12(16)9-15-8-10-4-5-11(15)6-10/h10-12,14,16H,4-9H2,1-3H3. The van der Waals surface area contributed by atoms with E-state index in [0.29, 0.717) is 6.54 Å². The number of hydrogen-bond acceptors (Lipinski definition) is 3. The Morgan fingerprint density at radius 2 is 2.12 bits per heavy atom. The third-order valence-corrected chi connectivity index (χ3v) is 3.84. The normalized spacial score (nSPS) is 32.2. The molecule has 0 aromatic carbocycles. The Labute approximate surface area is 99.2 Å². The van der Waals surface area contributed by atoms with E-state index in [1.807, 2.05) is 0 Å². The lowest BCUT2D eigenvalue weighted by Gasteiger charge is -2.30. The van der Waals surface area contributed by atoms with Crippen molar-refractivity contribution in [2.45, 2.75) is 57.7 Å². The maximum Gasteiger partial charge on any atom is 0.0791 e. The molecule has 1 saturated carbocycles. The number of aliphatic hydroxyl groups is 1. The minimum absolute atomic E-state index is 0.102. The topological polar surface area (TPSA) is 35.5 Å². The summed E-state index contributed by atoms with van der Waals surface area (Å²) in [4.78, 5) is 2.49. The summed E-state index contributed by atoms with van der Waals surface area (Å²) in [5, 5.41) is 13.4. The van der Waals surface area contributed by atoms with Crippen LogP contribution in [-0.4, -0.2) is 47.3 Å². The Morgan fingerprint density at radius 1 is 1.38 bits per heavy atom. The van der Waals surface area contributed by atoms with Crippen LogP contribution in [0.5, 0.6) is 0 Å². The fraction of sp³-hybridized carbons (Fsp3) is 1.00. The van der Waals surface area contributed by atoms with Crippen molar-refractivity contribution in [1.82, 2.24) is 10.2 Å². The van der Waals surface area contributed by atoms with Crippen LogP contribution < -0.4 is 5.32 Å². The number of likely N-dealkylation sites (tertiary alicyclic amines) is 1. The van der Waals surface area contributed by atoms with Gasteiger partial charge in [-0.3, -0.25) is 4.90 Å². The van der Waals surface area contributed by atoms with Gasteiger partial charge < -0.3 is 10.4 Å². The first-order valence-electron chi connectivity index (χ1n) is 6.61. The van der Waals surface area contributed by atoms with Gasteiger partial charge in [0.1, 0.15) is 0 Å². The fourth-order valence-electron chi connectivity index (χ4n) is 3.01. The largest absolute Gasteiger partial charge is 0.390 e. The molecule has 2 fully saturated rings. The monoisotopic (exact) mass is 226 g/mol. The zero-order valence-corrected chi connectivity index (χ0v) is 10.9. The van der Waals surface area contributed by atoms with E-state index in [9.17, 15) is 5.11 Å². The molecular weight excluding hydrogens is 200 g/mol. The number of fused-ring (bicyclic) bond motifs is 2. The van der Waals surface area contributed by atoms with Gasteiger partial charge in [-0.05, 0) is 46.0 Å². The SMILES string of the molecule is CC(C)(C)NCC(O)CN1CC2CCC1C2. The van der Waals surface area contributed by atoms with E-state index in [-0.39, 0.29) is 11.6 Å². The van der Waals surface area contributed by atoms with Gasteiger partial charge in [0.15, 0.2) is 0 Å². The van der Waals surface area contributed by atoms with Crippen molar-refractivity contribution in [2.75, 3.05) is 19.6 Å². The highest BCUT2D eigenvalue weighted by molar-refractivity contribution is 4.93. The van der Waals surface area contributed by atoms with Crippen molar-refractivity contribution < 1.29 is 5.11 Å². The van der Waals surface area contributed by atoms with Gasteiger partial charge in [0, 0.05) is 31.2 Å². The van der Waals surface area contributed by atoms with Gasteiger partial charge >= 0.3 is 0 Å². The summed E-state index contributed by atoms with van der Waals surface area (Å²) in [5.74, 6) is 0.924. The van der Waals surface area contributed by atoms with Crippen molar-refractivity contribution in [1.29, 1.82) is 0 Å². The molecule has 16 heavy (non-hydrogen) atoms. The Kier molecular flexibility index (Phi) is 3.57.